The number of allylic oxidation sites excluding steroid dienone is 4. The highest BCUT2D eigenvalue weighted by molar-refractivity contribution is 5.78. The van der Waals surface area contributed by atoms with Crippen molar-refractivity contribution in [3.8, 4) is 0 Å². The van der Waals surface area contributed by atoms with Gasteiger partial charge in [0.1, 0.15) is 5.78 Å². The molecule has 0 aromatic rings. The first-order valence-corrected chi connectivity index (χ1v) is 5.01. The first kappa shape index (κ1) is 19.4. The van der Waals surface area contributed by atoms with Gasteiger partial charge in [0, 0.05) is 6.42 Å². The largest absolute Gasteiger partial charge is 0.300 e. The Morgan fingerprint density at radius 1 is 1.13 bits per heavy atom. The molecule has 0 aliphatic heterocycles. The van der Waals surface area contributed by atoms with E-state index in [1.54, 1.807) is 13.0 Å². The Morgan fingerprint density at radius 2 is 1.53 bits per heavy atom. The van der Waals surface area contributed by atoms with Crippen LogP contribution in [0.4, 0.5) is 4.39 Å². The highest BCUT2D eigenvalue weighted by atomic mass is 19.1. The van der Waals surface area contributed by atoms with Crippen LogP contribution in [0.2, 0.25) is 0 Å². The fourth-order valence-corrected chi connectivity index (χ4v) is 0.709. The van der Waals surface area contributed by atoms with Crippen molar-refractivity contribution in [2.75, 3.05) is 0 Å². The number of carbonyl (C=O) groups excluding carboxylic acids is 1. The van der Waals surface area contributed by atoms with E-state index in [4.69, 9.17) is 0 Å². The van der Waals surface area contributed by atoms with Crippen molar-refractivity contribution >= 4 is 5.78 Å². The molecular weight excluding hydrogens is 191 g/mol. The standard InChI is InChI=1S/C9H13FO.C2H6.C2H4/c1-7(6-9(3)11)4-5-8(2)10;2*1-2/h4-5H,6H2,1-3H3;1-2H3;1-2H2/b7-4+,8-5+;;. The summed E-state index contributed by atoms with van der Waals surface area (Å²) in [5.41, 5.74) is 0.884. The molecule has 0 radical (unpaired) electrons. The molecule has 0 aromatic heterocycles. The first-order valence-electron chi connectivity index (χ1n) is 5.01. The van der Waals surface area contributed by atoms with Gasteiger partial charge < -0.3 is 0 Å². The van der Waals surface area contributed by atoms with E-state index in [0.29, 0.717) is 6.42 Å². The predicted molar refractivity (Wildman–Crippen MR) is 66.5 cm³/mol. The molecule has 0 spiro atoms. The van der Waals surface area contributed by atoms with E-state index >= 15 is 0 Å². The third-order valence-electron chi connectivity index (χ3n) is 1.13. The lowest BCUT2D eigenvalue weighted by molar-refractivity contribution is -0.116. The Bertz CT molecular complexity index is 211. The van der Waals surface area contributed by atoms with Gasteiger partial charge in [0.05, 0.1) is 5.83 Å². The summed E-state index contributed by atoms with van der Waals surface area (Å²) in [6.45, 7) is 14.7. The van der Waals surface area contributed by atoms with Crippen molar-refractivity contribution in [3.63, 3.8) is 0 Å². The van der Waals surface area contributed by atoms with Gasteiger partial charge in [0.2, 0.25) is 0 Å². The molecule has 0 fully saturated rings. The Labute approximate surface area is 93.4 Å². The number of halogens is 1. The normalized spacial score (nSPS) is 10.5. The molecule has 88 valence electrons. The van der Waals surface area contributed by atoms with Gasteiger partial charge in [-0.3, -0.25) is 4.79 Å². The highest BCUT2D eigenvalue weighted by Crippen LogP contribution is 2.02. The number of hydrogen-bond acceptors (Lipinski definition) is 1. The van der Waals surface area contributed by atoms with Crippen molar-refractivity contribution in [1.29, 1.82) is 0 Å². The minimum Gasteiger partial charge on any atom is -0.300 e. The van der Waals surface area contributed by atoms with Gasteiger partial charge in [0.25, 0.3) is 0 Å². The summed E-state index contributed by atoms with van der Waals surface area (Å²) in [6, 6.07) is 0. The monoisotopic (exact) mass is 214 g/mol. The lowest BCUT2D eigenvalue weighted by Gasteiger charge is -1.92. The molecule has 0 aliphatic rings. The van der Waals surface area contributed by atoms with Crippen LogP contribution in [0.1, 0.15) is 41.0 Å². The third-order valence-corrected chi connectivity index (χ3v) is 1.13. The van der Waals surface area contributed by atoms with Crippen molar-refractivity contribution in [3.05, 3.63) is 36.7 Å². The molecule has 0 atom stereocenters. The molecule has 0 saturated heterocycles. The fraction of sp³-hybridized carbons (Fsp3) is 0.462. The van der Waals surface area contributed by atoms with E-state index in [-0.39, 0.29) is 11.6 Å². The van der Waals surface area contributed by atoms with Crippen molar-refractivity contribution in [1.82, 2.24) is 0 Å². The molecule has 0 unspecified atom stereocenters. The quantitative estimate of drug-likeness (QED) is 0.495. The van der Waals surface area contributed by atoms with Crippen molar-refractivity contribution in [2.24, 2.45) is 0 Å². The van der Waals surface area contributed by atoms with E-state index in [0.717, 1.165) is 5.57 Å². The van der Waals surface area contributed by atoms with Gasteiger partial charge in [-0.25, -0.2) is 4.39 Å². The van der Waals surface area contributed by atoms with Gasteiger partial charge >= 0.3 is 0 Å². The first-order chi connectivity index (χ1) is 7.02. The van der Waals surface area contributed by atoms with Crippen LogP contribution in [0.15, 0.2) is 36.7 Å². The molecule has 0 N–H and O–H groups in total. The zero-order chi connectivity index (χ0) is 12.9. The van der Waals surface area contributed by atoms with Crippen LogP contribution < -0.4 is 0 Å². The summed E-state index contributed by atoms with van der Waals surface area (Å²) < 4.78 is 12.1. The summed E-state index contributed by atoms with van der Waals surface area (Å²) >= 11 is 0. The lowest BCUT2D eigenvalue weighted by Crippen LogP contribution is -1.89. The zero-order valence-electron chi connectivity index (χ0n) is 10.6. The molecule has 1 nitrogen and oxygen atoms in total. The number of rotatable bonds is 3. The average Bonchev–Trinajstić information content (AvgIpc) is 2.20. The molecular formula is C13H23FO. The number of ketones is 1. The Hall–Kier alpha value is -1.18. The van der Waals surface area contributed by atoms with Crippen LogP contribution >= 0.6 is 0 Å². The SMILES string of the molecule is C=C.CC.CC(=O)C/C(C)=C/C=C(\C)F. The minimum atomic E-state index is -0.243. The predicted octanol–water partition coefficient (Wildman–Crippen LogP) is 4.61. The Kier molecular flexibility index (Phi) is 19.8. The van der Waals surface area contributed by atoms with E-state index in [9.17, 15) is 9.18 Å². The molecule has 15 heavy (non-hydrogen) atoms. The molecule has 0 heterocycles. The molecule has 0 rings (SSSR count). The van der Waals surface area contributed by atoms with Crippen LogP contribution in [0, 0.1) is 0 Å². The van der Waals surface area contributed by atoms with Gasteiger partial charge in [-0.05, 0) is 26.8 Å². The molecule has 0 aromatic carbocycles. The van der Waals surface area contributed by atoms with Gasteiger partial charge in [-0.1, -0.05) is 25.5 Å². The van der Waals surface area contributed by atoms with Crippen LogP contribution in [0.25, 0.3) is 0 Å². The number of carbonyl (C=O) groups is 1. The highest BCUT2D eigenvalue weighted by Gasteiger charge is 1.92. The molecule has 0 bridgehead atoms. The van der Waals surface area contributed by atoms with E-state index < -0.39 is 0 Å². The summed E-state index contributed by atoms with van der Waals surface area (Å²) in [5.74, 6) is -0.142. The summed E-state index contributed by atoms with van der Waals surface area (Å²) in [6.07, 6.45) is 3.39. The lowest BCUT2D eigenvalue weighted by atomic mass is 10.1. The Morgan fingerprint density at radius 3 is 1.80 bits per heavy atom. The maximum atomic E-state index is 12.1. The second-order valence-corrected chi connectivity index (χ2v) is 2.65. The third kappa shape index (κ3) is 24.5. The fourth-order valence-electron chi connectivity index (χ4n) is 0.709. The van der Waals surface area contributed by atoms with E-state index in [1.165, 1.54) is 19.9 Å². The Balaban J connectivity index is -0.000000318. The van der Waals surface area contributed by atoms with Gasteiger partial charge in [-0.2, -0.15) is 0 Å². The van der Waals surface area contributed by atoms with Crippen molar-refractivity contribution in [2.45, 2.75) is 41.0 Å². The van der Waals surface area contributed by atoms with E-state index in [2.05, 4.69) is 13.2 Å². The minimum absolute atomic E-state index is 0.101. The van der Waals surface area contributed by atoms with Crippen LogP contribution in [-0.4, -0.2) is 5.78 Å². The molecule has 0 aliphatic carbocycles. The second-order valence-electron chi connectivity index (χ2n) is 2.65. The molecule has 0 saturated carbocycles. The number of Topliss-reactive ketones (excluding diaryl/α,β-unsaturated/α-hetero) is 1. The van der Waals surface area contributed by atoms with Crippen LogP contribution in [0.5, 0.6) is 0 Å². The molecule has 0 amide bonds. The van der Waals surface area contributed by atoms with Crippen LogP contribution in [0.3, 0.4) is 0 Å². The molecule has 2 heteroatoms. The average molecular weight is 214 g/mol. The summed E-state index contributed by atoms with van der Waals surface area (Å²) in [4.78, 5) is 10.5. The van der Waals surface area contributed by atoms with Gasteiger partial charge in [0.15, 0.2) is 0 Å². The smallest absolute Gasteiger partial charge is 0.133 e. The topological polar surface area (TPSA) is 17.1 Å². The number of hydrogen-bond donors (Lipinski definition) is 0. The summed E-state index contributed by atoms with van der Waals surface area (Å²) in [7, 11) is 0. The van der Waals surface area contributed by atoms with Crippen LogP contribution in [-0.2, 0) is 4.79 Å². The zero-order valence-corrected chi connectivity index (χ0v) is 10.6. The van der Waals surface area contributed by atoms with Gasteiger partial charge in [-0.15, -0.1) is 13.2 Å². The van der Waals surface area contributed by atoms with E-state index in [1.807, 2.05) is 13.8 Å². The summed E-state index contributed by atoms with van der Waals surface area (Å²) in [5, 5.41) is 0. The second kappa shape index (κ2) is 15.3. The van der Waals surface area contributed by atoms with Crippen molar-refractivity contribution < 1.29 is 9.18 Å². The maximum Gasteiger partial charge on any atom is 0.133 e. The maximum absolute atomic E-state index is 12.1.